The summed E-state index contributed by atoms with van der Waals surface area (Å²) in [6.07, 6.45) is 3.32. The van der Waals surface area contributed by atoms with Crippen LogP contribution >= 0.6 is 0 Å². The van der Waals surface area contributed by atoms with E-state index in [0.717, 1.165) is 30.6 Å². The second-order valence-corrected chi connectivity index (χ2v) is 10.3. The second-order valence-electron chi connectivity index (χ2n) is 10.3. The van der Waals surface area contributed by atoms with Gasteiger partial charge in [0.05, 0.1) is 12.7 Å². The number of fused-ring (bicyclic) bond motifs is 1. The highest BCUT2D eigenvalue weighted by atomic mass is 16.5. The Labute approximate surface area is 190 Å². The number of hydrogen-bond acceptors (Lipinski definition) is 4. The molecule has 5 heteroatoms. The van der Waals surface area contributed by atoms with E-state index in [-0.39, 0.29) is 35.5 Å². The number of hydrogen-bond donors (Lipinski definition) is 2. The summed E-state index contributed by atoms with van der Waals surface area (Å²) in [5.74, 6) is 1.75. The van der Waals surface area contributed by atoms with Crippen LogP contribution in [-0.2, 0) is 4.74 Å². The molecule has 2 bridgehead atoms. The summed E-state index contributed by atoms with van der Waals surface area (Å²) >= 11 is 0. The highest BCUT2D eigenvalue weighted by Crippen LogP contribution is 2.70. The molecular formula is C27H33NO4. The van der Waals surface area contributed by atoms with Crippen molar-refractivity contribution in [1.82, 2.24) is 5.32 Å². The summed E-state index contributed by atoms with van der Waals surface area (Å²) in [7, 11) is 0. The molecule has 5 atom stereocenters. The first-order chi connectivity index (χ1) is 15.5. The zero-order chi connectivity index (χ0) is 22.3. The van der Waals surface area contributed by atoms with Crippen molar-refractivity contribution in [3.8, 4) is 5.75 Å². The van der Waals surface area contributed by atoms with E-state index in [2.05, 4.69) is 31.3 Å². The van der Waals surface area contributed by atoms with Gasteiger partial charge < -0.3 is 19.9 Å². The van der Waals surface area contributed by atoms with Gasteiger partial charge in [0.2, 0.25) is 0 Å². The maximum atomic E-state index is 13.1. The largest absolute Gasteiger partial charge is 0.491 e. The molecule has 1 amide bonds. The van der Waals surface area contributed by atoms with Crippen molar-refractivity contribution in [2.24, 2.45) is 22.7 Å². The Hall–Kier alpha value is -2.37. The smallest absolute Gasteiger partial charge is 0.251 e. The predicted molar refractivity (Wildman–Crippen MR) is 122 cm³/mol. The topological polar surface area (TPSA) is 67.8 Å². The molecule has 2 saturated carbocycles. The Kier molecular flexibility index (Phi) is 5.50. The average molecular weight is 436 g/mol. The third-order valence-electron chi connectivity index (χ3n) is 8.38. The molecule has 3 fully saturated rings. The molecule has 5 rings (SSSR count). The minimum Gasteiger partial charge on any atom is -0.491 e. The Bertz CT molecular complexity index is 957. The molecule has 170 valence electrons. The molecule has 0 radical (unpaired) electrons. The van der Waals surface area contributed by atoms with E-state index in [1.165, 1.54) is 5.56 Å². The van der Waals surface area contributed by atoms with Crippen LogP contribution in [0.5, 0.6) is 5.75 Å². The van der Waals surface area contributed by atoms with Crippen LogP contribution in [0.3, 0.4) is 0 Å². The number of carbonyl (C=O) groups is 1. The summed E-state index contributed by atoms with van der Waals surface area (Å²) < 4.78 is 11.9. The number of aliphatic hydroxyl groups is 1. The first kappa shape index (κ1) is 21.5. The summed E-state index contributed by atoms with van der Waals surface area (Å²) in [4.78, 5) is 13.1. The van der Waals surface area contributed by atoms with E-state index in [0.29, 0.717) is 25.0 Å². The molecule has 5 nitrogen and oxygen atoms in total. The van der Waals surface area contributed by atoms with Gasteiger partial charge >= 0.3 is 0 Å². The Morgan fingerprint density at radius 1 is 1.16 bits per heavy atom. The van der Waals surface area contributed by atoms with Crippen molar-refractivity contribution in [1.29, 1.82) is 0 Å². The molecule has 2 aromatic carbocycles. The maximum absolute atomic E-state index is 13.1. The SMILES string of the molecule is CC1(C)[C@@H]2C[C@@H]3[C@@H](c4ccc(OCCO)cc4)OCCC3(C2)[C@H]1NC(=O)c1ccccc1. The second kappa shape index (κ2) is 8.20. The van der Waals surface area contributed by atoms with Gasteiger partial charge in [0.15, 0.2) is 0 Å². The van der Waals surface area contributed by atoms with Gasteiger partial charge in [0.25, 0.3) is 5.91 Å². The van der Waals surface area contributed by atoms with Gasteiger partial charge in [-0.2, -0.15) is 0 Å². The standard InChI is InChI=1S/C27H33NO4/c1-26(2)20-16-22-23(18-8-10-21(11-9-18)31-15-13-29)32-14-12-27(22,17-20)25(26)28-24(30)19-6-4-3-5-7-19/h3-11,20,22-23,25,29H,12-17H2,1-2H3,(H,28,30)/t20-,22-,23-,25+,27?/m1/s1. The van der Waals surface area contributed by atoms with Crippen LogP contribution in [0.25, 0.3) is 0 Å². The quantitative estimate of drug-likeness (QED) is 0.707. The molecule has 1 aliphatic heterocycles. The fourth-order valence-corrected chi connectivity index (χ4v) is 6.84. The van der Waals surface area contributed by atoms with Gasteiger partial charge in [-0.05, 0) is 71.8 Å². The first-order valence-electron chi connectivity index (χ1n) is 11.8. The lowest BCUT2D eigenvalue weighted by molar-refractivity contribution is -0.120. The van der Waals surface area contributed by atoms with Crippen molar-refractivity contribution >= 4 is 5.91 Å². The lowest BCUT2D eigenvalue weighted by Gasteiger charge is -2.53. The van der Waals surface area contributed by atoms with E-state index in [1.54, 1.807) is 0 Å². The molecule has 1 spiro atoms. The molecule has 32 heavy (non-hydrogen) atoms. The Balaban J connectivity index is 1.41. The Morgan fingerprint density at radius 3 is 2.62 bits per heavy atom. The van der Waals surface area contributed by atoms with Crippen molar-refractivity contribution in [2.75, 3.05) is 19.8 Å². The van der Waals surface area contributed by atoms with Crippen molar-refractivity contribution < 1.29 is 19.4 Å². The summed E-state index contributed by atoms with van der Waals surface area (Å²) in [6, 6.07) is 17.8. The predicted octanol–water partition coefficient (Wildman–Crippen LogP) is 4.37. The third-order valence-corrected chi connectivity index (χ3v) is 8.38. The molecular weight excluding hydrogens is 402 g/mol. The molecule has 1 unspecified atom stereocenters. The van der Waals surface area contributed by atoms with E-state index >= 15 is 0 Å². The van der Waals surface area contributed by atoms with E-state index in [9.17, 15) is 4.79 Å². The van der Waals surface area contributed by atoms with Gasteiger partial charge in [-0.3, -0.25) is 4.79 Å². The van der Waals surface area contributed by atoms with Crippen LogP contribution in [0.2, 0.25) is 0 Å². The van der Waals surface area contributed by atoms with E-state index < -0.39 is 0 Å². The molecule has 1 saturated heterocycles. The van der Waals surface area contributed by atoms with Crippen LogP contribution in [-0.4, -0.2) is 36.9 Å². The third kappa shape index (κ3) is 3.43. The average Bonchev–Trinajstić information content (AvgIpc) is 3.31. The van der Waals surface area contributed by atoms with Crippen molar-refractivity contribution in [3.63, 3.8) is 0 Å². The van der Waals surface area contributed by atoms with E-state index in [1.807, 2.05) is 42.5 Å². The van der Waals surface area contributed by atoms with Crippen LogP contribution < -0.4 is 10.1 Å². The molecule has 1 heterocycles. The normalized spacial score (nSPS) is 32.3. The zero-order valence-corrected chi connectivity index (χ0v) is 18.9. The lowest BCUT2D eigenvalue weighted by atomic mass is 9.59. The minimum absolute atomic E-state index is 0.00530. The molecule has 0 aromatic heterocycles. The van der Waals surface area contributed by atoms with Crippen molar-refractivity contribution in [2.45, 2.75) is 45.3 Å². The van der Waals surface area contributed by atoms with Gasteiger partial charge in [-0.1, -0.05) is 44.2 Å². The highest BCUT2D eigenvalue weighted by Gasteiger charge is 2.68. The number of aliphatic hydroxyl groups excluding tert-OH is 1. The molecule has 2 aliphatic carbocycles. The number of nitrogens with one attached hydrogen (secondary N) is 1. The number of benzene rings is 2. The number of ether oxygens (including phenoxy) is 2. The van der Waals surface area contributed by atoms with Gasteiger partial charge in [-0.15, -0.1) is 0 Å². The number of carbonyl (C=O) groups excluding carboxylic acids is 1. The summed E-state index contributed by atoms with van der Waals surface area (Å²) in [5.41, 5.74) is 2.02. The first-order valence-corrected chi connectivity index (χ1v) is 11.8. The summed E-state index contributed by atoms with van der Waals surface area (Å²) in [5, 5.41) is 12.4. The van der Waals surface area contributed by atoms with Crippen LogP contribution in [0, 0.1) is 22.7 Å². The Morgan fingerprint density at radius 2 is 1.91 bits per heavy atom. The minimum atomic E-state index is 0.00530. The van der Waals surface area contributed by atoms with Gasteiger partial charge in [0.1, 0.15) is 12.4 Å². The molecule has 2 aromatic rings. The van der Waals surface area contributed by atoms with E-state index in [4.69, 9.17) is 14.6 Å². The van der Waals surface area contributed by atoms with Crippen LogP contribution in [0.1, 0.15) is 55.1 Å². The fourth-order valence-electron chi connectivity index (χ4n) is 6.84. The zero-order valence-electron chi connectivity index (χ0n) is 18.9. The summed E-state index contributed by atoms with van der Waals surface area (Å²) in [6.45, 7) is 5.67. The maximum Gasteiger partial charge on any atom is 0.251 e. The van der Waals surface area contributed by atoms with Gasteiger partial charge in [0, 0.05) is 18.2 Å². The number of rotatable bonds is 6. The molecule has 3 aliphatic rings. The highest BCUT2D eigenvalue weighted by molar-refractivity contribution is 5.94. The fraction of sp³-hybridized carbons (Fsp3) is 0.519. The van der Waals surface area contributed by atoms with Crippen molar-refractivity contribution in [3.05, 3.63) is 65.7 Å². The molecule has 2 N–H and O–H groups in total. The van der Waals surface area contributed by atoms with Crippen LogP contribution in [0.15, 0.2) is 54.6 Å². The number of amides is 1. The van der Waals surface area contributed by atoms with Crippen LogP contribution in [0.4, 0.5) is 0 Å². The lowest BCUT2D eigenvalue weighted by Crippen LogP contribution is -2.58. The monoisotopic (exact) mass is 435 g/mol. The van der Waals surface area contributed by atoms with Gasteiger partial charge in [-0.25, -0.2) is 0 Å².